The molecule has 0 spiro atoms. The molecule has 0 saturated carbocycles. The summed E-state index contributed by atoms with van der Waals surface area (Å²) < 4.78 is 5.28. The lowest BCUT2D eigenvalue weighted by atomic mass is 10.0. The number of methoxy groups -OCH3 is 1. The molecule has 0 unspecified atom stereocenters. The summed E-state index contributed by atoms with van der Waals surface area (Å²) in [5.74, 6) is 0.540. The number of hydrogen-bond donors (Lipinski definition) is 3. The first-order valence-electron chi connectivity index (χ1n) is 8.14. The Morgan fingerprint density at radius 1 is 0.963 bits per heavy atom. The van der Waals surface area contributed by atoms with Crippen molar-refractivity contribution in [1.29, 1.82) is 0 Å². The van der Waals surface area contributed by atoms with Crippen LogP contribution in [0.1, 0.15) is 11.1 Å². The van der Waals surface area contributed by atoms with Gasteiger partial charge in [-0.1, -0.05) is 23.2 Å². The Hall–Kier alpha value is -2.63. The number of amides is 2. The van der Waals surface area contributed by atoms with E-state index in [1.807, 2.05) is 13.8 Å². The molecule has 3 aromatic rings. The zero-order valence-electron chi connectivity index (χ0n) is 15.0. The Labute approximate surface area is 166 Å². The minimum atomic E-state index is -0.454. The molecule has 0 bridgehead atoms. The van der Waals surface area contributed by atoms with Crippen LogP contribution >= 0.6 is 23.2 Å². The molecule has 0 aliphatic heterocycles. The van der Waals surface area contributed by atoms with Gasteiger partial charge in [0.2, 0.25) is 0 Å². The van der Waals surface area contributed by atoms with Gasteiger partial charge in [0.1, 0.15) is 11.5 Å². The van der Waals surface area contributed by atoms with Crippen LogP contribution in [0.15, 0.2) is 36.4 Å². The van der Waals surface area contributed by atoms with E-state index in [9.17, 15) is 9.90 Å². The Morgan fingerprint density at radius 3 is 2.41 bits per heavy atom. The van der Waals surface area contributed by atoms with Crippen LogP contribution in [-0.2, 0) is 0 Å². The van der Waals surface area contributed by atoms with Crippen LogP contribution in [0.25, 0.3) is 10.8 Å². The van der Waals surface area contributed by atoms with Crippen molar-refractivity contribution in [3.05, 3.63) is 57.6 Å². The van der Waals surface area contributed by atoms with Crippen molar-refractivity contribution in [1.82, 2.24) is 0 Å². The molecule has 27 heavy (non-hydrogen) atoms. The van der Waals surface area contributed by atoms with E-state index in [0.717, 1.165) is 16.5 Å². The number of halogens is 2. The average Bonchev–Trinajstić information content (AvgIpc) is 2.61. The lowest BCUT2D eigenvalue weighted by Crippen LogP contribution is -2.20. The van der Waals surface area contributed by atoms with Gasteiger partial charge >= 0.3 is 6.03 Å². The van der Waals surface area contributed by atoms with Crippen LogP contribution in [0.5, 0.6) is 11.5 Å². The minimum Gasteiger partial charge on any atom is -0.508 e. The van der Waals surface area contributed by atoms with Crippen molar-refractivity contribution in [2.24, 2.45) is 0 Å². The number of rotatable bonds is 3. The summed E-state index contributed by atoms with van der Waals surface area (Å²) in [7, 11) is 1.50. The van der Waals surface area contributed by atoms with Gasteiger partial charge in [0.25, 0.3) is 0 Å². The van der Waals surface area contributed by atoms with Gasteiger partial charge in [-0.25, -0.2) is 4.79 Å². The van der Waals surface area contributed by atoms with Gasteiger partial charge < -0.3 is 20.5 Å². The number of phenols is 1. The fourth-order valence-electron chi connectivity index (χ4n) is 2.86. The summed E-state index contributed by atoms with van der Waals surface area (Å²) in [5.41, 5.74) is 2.64. The normalized spacial score (nSPS) is 10.7. The predicted octanol–water partition coefficient (Wildman–Crippen LogP) is 6.12. The van der Waals surface area contributed by atoms with E-state index in [4.69, 9.17) is 27.9 Å². The maximum Gasteiger partial charge on any atom is 0.323 e. The summed E-state index contributed by atoms with van der Waals surface area (Å²) in [6.07, 6.45) is 0. The number of ether oxygens (including phenoxy) is 1. The first-order chi connectivity index (χ1) is 12.8. The number of carbonyl (C=O) groups is 1. The second kappa shape index (κ2) is 7.55. The summed E-state index contributed by atoms with van der Waals surface area (Å²) in [6.45, 7) is 3.67. The monoisotopic (exact) mass is 404 g/mol. The lowest BCUT2D eigenvalue weighted by molar-refractivity contribution is 0.262. The van der Waals surface area contributed by atoms with Crippen molar-refractivity contribution >= 4 is 51.4 Å². The number of aryl methyl sites for hydroxylation is 2. The Kier molecular flexibility index (Phi) is 5.35. The van der Waals surface area contributed by atoms with Crippen molar-refractivity contribution in [2.45, 2.75) is 13.8 Å². The third-order valence-electron chi connectivity index (χ3n) is 4.23. The molecule has 0 aromatic heterocycles. The van der Waals surface area contributed by atoms with Crippen molar-refractivity contribution < 1.29 is 14.6 Å². The van der Waals surface area contributed by atoms with Crippen LogP contribution in [-0.4, -0.2) is 18.2 Å². The zero-order valence-corrected chi connectivity index (χ0v) is 16.5. The van der Waals surface area contributed by atoms with Gasteiger partial charge in [0.15, 0.2) is 0 Å². The van der Waals surface area contributed by atoms with Crippen molar-refractivity contribution in [3.8, 4) is 11.5 Å². The molecule has 140 valence electrons. The zero-order chi connectivity index (χ0) is 19.7. The van der Waals surface area contributed by atoms with E-state index >= 15 is 0 Å². The number of carbonyl (C=O) groups excluding carboxylic acids is 1. The smallest absolute Gasteiger partial charge is 0.323 e. The number of phenolic OH excluding ortho intramolecular Hbond substituents is 1. The van der Waals surface area contributed by atoms with Crippen LogP contribution in [0.4, 0.5) is 16.2 Å². The standard InChI is InChI=1S/C20H18Cl2N2O3/c1-10-7-17(18(27-3)9-15(10)21)23-20(26)24-19-11(2)6-16(22)13-5-4-12(25)8-14(13)19/h4-9,25H,1-3H3,(H2,23,24,26). The van der Waals surface area contributed by atoms with E-state index in [1.54, 1.807) is 36.4 Å². The maximum absolute atomic E-state index is 12.6. The lowest BCUT2D eigenvalue weighted by Gasteiger charge is -2.16. The first kappa shape index (κ1) is 19.1. The molecule has 0 saturated heterocycles. The predicted molar refractivity (Wildman–Crippen MR) is 111 cm³/mol. The van der Waals surface area contributed by atoms with Gasteiger partial charge in [-0.15, -0.1) is 0 Å². The summed E-state index contributed by atoms with van der Waals surface area (Å²) >= 11 is 12.4. The molecule has 3 rings (SSSR count). The molecule has 0 fully saturated rings. The van der Waals surface area contributed by atoms with Gasteiger partial charge in [-0.2, -0.15) is 0 Å². The molecular weight excluding hydrogens is 387 g/mol. The molecule has 3 N–H and O–H groups in total. The van der Waals surface area contributed by atoms with E-state index in [1.165, 1.54) is 7.11 Å². The third-order valence-corrected chi connectivity index (χ3v) is 4.95. The molecule has 5 nitrogen and oxygen atoms in total. The molecule has 3 aromatic carbocycles. The first-order valence-corrected chi connectivity index (χ1v) is 8.89. The van der Waals surface area contributed by atoms with Crippen LogP contribution in [0, 0.1) is 13.8 Å². The molecular formula is C20H18Cl2N2O3. The number of urea groups is 1. The molecule has 0 aliphatic carbocycles. The molecule has 0 aliphatic rings. The fraction of sp³-hybridized carbons (Fsp3) is 0.150. The molecule has 0 radical (unpaired) electrons. The number of hydrogen-bond acceptors (Lipinski definition) is 3. The van der Waals surface area contributed by atoms with Gasteiger partial charge in [-0.3, -0.25) is 0 Å². The highest BCUT2D eigenvalue weighted by molar-refractivity contribution is 6.36. The number of fused-ring (bicyclic) bond motifs is 1. The highest BCUT2D eigenvalue weighted by Gasteiger charge is 2.15. The Morgan fingerprint density at radius 2 is 1.70 bits per heavy atom. The number of anilines is 2. The van der Waals surface area contributed by atoms with Gasteiger partial charge in [0.05, 0.1) is 18.5 Å². The Balaban J connectivity index is 1.96. The SMILES string of the molecule is COc1cc(Cl)c(C)cc1NC(=O)Nc1c(C)cc(Cl)c2ccc(O)cc12. The fourth-order valence-corrected chi connectivity index (χ4v) is 3.34. The maximum atomic E-state index is 12.6. The van der Waals surface area contributed by atoms with Crippen molar-refractivity contribution in [2.75, 3.05) is 17.7 Å². The highest BCUT2D eigenvalue weighted by atomic mass is 35.5. The molecule has 7 heteroatoms. The molecule has 0 atom stereocenters. The second-order valence-corrected chi connectivity index (χ2v) is 6.98. The van der Waals surface area contributed by atoms with Crippen LogP contribution < -0.4 is 15.4 Å². The molecule has 2 amide bonds. The van der Waals surface area contributed by atoms with Gasteiger partial charge in [-0.05, 0) is 55.3 Å². The van der Waals surface area contributed by atoms with E-state index in [2.05, 4.69) is 10.6 Å². The third kappa shape index (κ3) is 3.89. The summed E-state index contributed by atoms with van der Waals surface area (Å²) in [4.78, 5) is 12.6. The number of aromatic hydroxyl groups is 1. The average molecular weight is 405 g/mol. The summed E-state index contributed by atoms with van der Waals surface area (Å²) in [6, 6.07) is 9.52. The van der Waals surface area contributed by atoms with Crippen molar-refractivity contribution in [3.63, 3.8) is 0 Å². The second-order valence-electron chi connectivity index (χ2n) is 6.16. The topological polar surface area (TPSA) is 70.6 Å². The largest absolute Gasteiger partial charge is 0.508 e. The number of nitrogens with one attached hydrogen (secondary N) is 2. The molecule has 0 heterocycles. The summed E-state index contributed by atoms with van der Waals surface area (Å²) in [5, 5.41) is 17.9. The Bertz CT molecular complexity index is 1050. The van der Waals surface area contributed by atoms with Crippen LogP contribution in [0.3, 0.4) is 0 Å². The minimum absolute atomic E-state index is 0.0858. The van der Waals surface area contributed by atoms with E-state index in [-0.39, 0.29) is 5.75 Å². The quantitative estimate of drug-likeness (QED) is 0.492. The highest BCUT2D eigenvalue weighted by Crippen LogP contribution is 2.36. The van der Waals surface area contributed by atoms with Crippen LogP contribution in [0.2, 0.25) is 10.0 Å². The van der Waals surface area contributed by atoms with E-state index in [0.29, 0.717) is 32.6 Å². The van der Waals surface area contributed by atoms with Gasteiger partial charge in [0, 0.05) is 26.9 Å². The van der Waals surface area contributed by atoms with E-state index < -0.39 is 6.03 Å². The number of benzene rings is 3.